The van der Waals surface area contributed by atoms with E-state index in [1.54, 1.807) is 11.3 Å². The zero-order valence-corrected chi connectivity index (χ0v) is 12.9. The van der Waals surface area contributed by atoms with Crippen LogP contribution in [0.25, 0.3) is 10.2 Å². The van der Waals surface area contributed by atoms with Crippen LogP contribution >= 0.6 is 34.5 Å². The Labute approximate surface area is 131 Å². The Morgan fingerprint density at radius 1 is 1.15 bits per heavy atom. The van der Waals surface area contributed by atoms with Gasteiger partial charge in [-0.1, -0.05) is 41.4 Å². The molecule has 20 heavy (non-hydrogen) atoms. The largest absolute Gasteiger partial charge is 0.384 e. The van der Waals surface area contributed by atoms with Crippen LogP contribution in [0.1, 0.15) is 5.56 Å². The normalized spacial score (nSPS) is 10.9. The van der Waals surface area contributed by atoms with Crippen molar-refractivity contribution in [3.63, 3.8) is 0 Å². The monoisotopic (exact) mass is 322 g/mol. The van der Waals surface area contributed by atoms with Crippen molar-refractivity contribution in [1.82, 2.24) is 4.98 Å². The van der Waals surface area contributed by atoms with Gasteiger partial charge in [0, 0.05) is 22.6 Å². The molecule has 3 rings (SSSR count). The van der Waals surface area contributed by atoms with Gasteiger partial charge in [0.05, 0.1) is 0 Å². The first-order chi connectivity index (χ1) is 9.74. The molecule has 5 heteroatoms. The summed E-state index contributed by atoms with van der Waals surface area (Å²) in [5, 5.41) is 7.87. The second kappa shape index (κ2) is 6.00. The SMILES string of the molecule is Clc1cc(NCCc2ccccc2Cl)c2ccsc2n1. The fourth-order valence-corrected chi connectivity index (χ4v) is 3.36. The van der Waals surface area contributed by atoms with Crippen molar-refractivity contribution in [3.8, 4) is 0 Å². The van der Waals surface area contributed by atoms with Crippen LogP contribution in [0.15, 0.2) is 41.8 Å². The second-order valence-electron chi connectivity index (χ2n) is 4.40. The number of hydrogen-bond acceptors (Lipinski definition) is 3. The van der Waals surface area contributed by atoms with Gasteiger partial charge in [-0.05, 0) is 35.6 Å². The summed E-state index contributed by atoms with van der Waals surface area (Å²) in [7, 11) is 0. The van der Waals surface area contributed by atoms with E-state index in [9.17, 15) is 0 Å². The Morgan fingerprint density at radius 3 is 2.85 bits per heavy atom. The van der Waals surface area contributed by atoms with Crippen LogP contribution in [0.2, 0.25) is 10.2 Å². The Kier molecular flexibility index (Phi) is 4.10. The van der Waals surface area contributed by atoms with E-state index in [-0.39, 0.29) is 0 Å². The van der Waals surface area contributed by atoms with Gasteiger partial charge in [-0.25, -0.2) is 4.98 Å². The summed E-state index contributed by atoms with van der Waals surface area (Å²) in [5.74, 6) is 0. The molecule has 2 nitrogen and oxygen atoms in total. The third kappa shape index (κ3) is 2.90. The Hall–Kier alpha value is -1.29. The number of aromatic nitrogens is 1. The van der Waals surface area contributed by atoms with Gasteiger partial charge < -0.3 is 5.32 Å². The van der Waals surface area contributed by atoms with E-state index in [4.69, 9.17) is 23.2 Å². The first-order valence-corrected chi connectivity index (χ1v) is 7.88. The van der Waals surface area contributed by atoms with Crippen LogP contribution in [0.3, 0.4) is 0 Å². The molecule has 0 saturated heterocycles. The van der Waals surface area contributed by atoms with E-state index in [0.29, 0.717) is 5.15 Å². The lowest BCUT2D eigenvalue weighted by Gasteiger charge is -2.09. The van der Waals surface area contributed by atoms with E-state index in [0.717, 1.165) is 39.5 Å². The number of fused-ring (bicyclic) bond motifs is 1. The van der Waals surface area contributed by atoms with E-state index in [1.807, 2.05) is 35.7 Å². The van der Waals surface area contributed by atoms with Gasteiger partial charge in [-0.3, -0.25) is 0 Å². The molecule has 0 saturated carbocycles. The molecule has 0 unspecified atom stereocenters. The van der Waals surface area contributed by atoms with E-state index in [2.05, 4.69) is 16.4 Å². The highest BCUT2D eigenvalue weighted by Crippen LogP contribution is 2.29. The van der Waals surface area contributed by atoms with Crippen molar-refractivity contribution in [2.45, 2.75) is 6.42 Å². The molecule has 0 aliphatic rings. The van der Waals surface area contributed by atoms with E-state index in [1.165, 1.54) is 0 Å². The Balaban J connectivity index is 1.74. The van der Waals surface area contributed by atoms with Crippen LogP contribution in [-0.2, 0) is 6.42 Å². The van der Waals surface area contributed by atoms with Crippen LogP contribution in [0, 0.1) is 0 Å². The minimum Gasteiger partial charge on any atom is -0.384 e. The summed E-state index contributed by atoms with van der Waals surface area (Å²) >= 11 is 13.8. The summed E-state index contributed by atoms with van der Waals surface area (Å²) < 4.78 is 0. The highest BCUT2D eigenvalue weighted by atomic mass is 35.5. The zero-order chi connectivity index (χ0) is 13.9. The molecule has 0 bridgehead atoms. The standard InChI is InChI=1S/C15H12Cl2N2S/c16-12-4-2-1-3-10(12)5-7-18-13-9-14(17)19-15-11(13)6-8-20-15/h1-4,6,8-9H,5,7H2,(H,18,19). The van der Waals surface area contributed by atoms with Gasteiger partial charge in [-0.15, -0.1) is 11.3 Å². The predicted molar refractivity (Wildman–Crippen MR) is 88.3 cm³/mol. The molecule has 0 radical (unpaired) electrons. The van der Waals surface area contributed by atoms with Gasteiger partial charge in [0.25, 0.3) is 0 Å². The van der Waals surface area contributed by atoms with Crippen molar-refractivity contribution in [1.29, 1.82) is 0 Å². The maximum Gasteiger partial charge on any atom is 0.132 e. The molecule has 2 aromatic heterocycles. The zero-order valence-electron chi connectivity index (χ0n) is 10.6. The van der Waals surface area contributed by atoms with Crippen LogP contribution < -0.4 is 5.32 Å². The smallest absolute Gasteiger partial charge is 0.132 e. The molecule has 2 heterocycles. The van der Waals surface area contributed by atoms with Gasteiger partial charge in [0.1, 0.15) is 9.98 Å². The third-order valence-corrected chi connectivity index (χ3v) is 4.44. The molecule has 3 aromatic rings. The summed E-state index contributed by atoms with van der Waals surface area (Å²) in [4.78, 5) is 5.26. The lowest BCUT2D eigenvalue weighted by Crippen LogP contribution is -2.05. The minimum absolute atomic E-state index is 0.514. The van der Waals surface area contributed by atoms with Crippen molar-refractivity contribution >= 4 is 50.4 Å². The fourth-order valence-electron chi connectivity index (χ4n) is 2.10. The molecular weight excluding hydrogens is 311 g/mol. The number of hydrogen-bond donors (Lipinski definition) is 1. The predicted octanol–water partition coefficient (Wildman–Crippen LogP) is 5.26. The number of anilines is 1. The van der Waals surface area contributed by atoms with Crippen molar-refractivity contribution < 1.29 is 0 Å². The summed E-state index contributed by atoms with van der Waals surface area (Å²) in [5.41, 5.74) is 2.16. The van der Waals surface area contributed by atoms with Gasteiger partial charge in [-0.2, -0.15) is 0 Å². The van der Waals surface area contributed by atoms with E-state index < -0.39 is 0 Å². The maximum absolute atomic E-state index is 6.15. The molecule has 0 atom stereocenters. The summed E-state index contributed by atoms with van der Waals surface area (Å²) in [6, 6.07) is 11.8. The van der Waals surface area contributed by atoms with Gasteiger partial charge in [0.2, 0.25) is 0 Å². The first kappa shape index (κ1) is 13.7. The Bertz CT molecular complexity index is 740. The molecule has 0 aliphatic heterocycles. The number of thiophene rings is 1. The Morgan fingerprint density at radius 2 is 2.00 bits per heavy atom. The van der Waals surface area contributed by atoms with E-state index >= 15 is 0 Å². The molecule has 0 amide bonds. The van der Waals surface area contributed by atoms with Gasteiger partial charge in [0.15, 0.2) is 0 Å². The number of nitrogens with zero attached hydrogens (tertiary/aromatic N) is 1. The minimum atomic E-state index is 0.514. The number of rotatable bonds is 4. The highest BCUT2D eigenvalue weighted by molar-refractivity contribution is 7.16. The lowest BCUT2D eigenvalue weighted by atomic mass is 10.1. The second-order valence-corrected chi connectivity index (χ2v) is 6.09. The maximum atomic E-state index is 6.15. The first-order valence-electron chi connectivity index (χ1n) is 6.25. The van der Waals surface area contributed by atoms with Gasteiger partial charge >= 0.3 is 0 Å². The number of nitrogens with one attached hydrogen (secondary N) is 1. The lowest BCUT2D eigenvalue weighted by molar-refractivity contribution is 1.02. The van der Waals surface area contributed by atoms with Crippen LogP contribution in [0.5, 0.6) is 0 Å². The van der Waals surface area contributed by atoms with Crippen LogP contribution in [0.4, 0.5) is 5.69 Å². The molecule has 1 N–H and O–H groups in total. The fraction of sp³-hybridized carbons (Fsp3) is 0.133. The third-order valence-electron chi connectivity index (χ3n) is 3.07. The number of pyridine rings is 1. The van der Waals surface area contributed by atoms with Crippen LogP contribution in [-0.4, -0.2) is 11.5 Å². The van der Waals surface area contributed by atoms with Crippen molar-refractivity contribution in [3.05, 3.63) is 57.5 Å². The summed E-state index contributed by atoms with van der Waals surface area (Å²) in [6.07, 6.45) is 0.866. The quantitative estimate of drug-likeness (QED) is 0.663. The molecule has 0 aliphatic carbocycles. The molecule has 0 spiro atoms. The van der Waals surface area contributed by atoms with Crippen molar-refractivity contribution in [2.75, 3.05) is 11.9 Å². The highest BCUT2D eigenvalue weighted by Gasteiger charge is 2.06. The average Bonchev–Trinajstić information content (AvgIpc) is 2.89. The molecule has 1 aromatic carbocycles. The molecular formula is C15H12Cl2N2S. The van der Waals surface area contributed by atoms with Crippen molar-refractivity contribution in [2.24, 2.45) is 0 Å². The molecule has 0 fully saturated rings. The molecule has 102 valence electrons. The topological polar surface area (TPSA) is 24.9 Å². The number of benzene rings is 1. The average molecular weight is 323 g/mol. The summed E-state index contributed by atoms with van der Waals surface area (Å²) in [6.45, 7) is 0.801. The number of halogens is 2.